The third-order valence-corrected chi connectivity index (χ3v) is 6.66. The number of aromatic nitrogens is 4. The molecule has 0 atom stereocenters. The van der Waals surface area contributed by atoms with Crippen LogP contribution in [0.25, 0.3) is 11.6 Å². The number of nitrogens with two attached hydrogens (primary N) is 4. The second-order valence-corrected chi connectivity index (χ2v) is 10.1. The molecule has 2 heterocycles. The van der Waals surface area contributed by atoms with Gasteiger partial charge in [-0.25, -0.2) is 19.2 Å². The number of carbonyl (C=O) groups excluding carboxylic acids is 2. The highest BCUT2D eigenvalue weighted by Crippen LogP contribution is 2.25. The monoisotopic (exact) mass is 706 g/mol. The molecular formula is C34H40F2N10O5. The number of aryl methyl sites for hydroxylation is 1. The van der Waals surface area contributed by atoms with Gasteiger partial charge >= 0.3 is 5.97 Å². The molecule has 0 spiro atoms. The molecular weight excluding hydrogens is 666 g/mol. The van der Waals surface area contributed by atoms with Crippen LogP contribution in [-0.4, -0.2) is 63.2 Å². The molecule has 0 bridgehead atoms. The maximum atomic E-state index is 14.3. The van der Waals surface area contributed by atoms with Crippen molar-refractivity contribution in [1.82, 2.24) is 19.1 Å². The number of nitrogens with one attached hydrogen (secondary N) is 2. The van der Waals surface area contributed by atoms with Crippen molar-refractivity contribution >= 4 is 41.2 Å². The number of amides is 1. The highest BCUT2D eigenvalue weighted by Gasteiger charge is 2.15. The molecule has 1 amide bonds. The van der Waals surface area contributed by atoms with E-state index in [2.05, 4.69) is 20.6 Å². The van der Waals surface area contributed by atoms with Gasteiger partial charge in [-0.1, -0.05) is 0 Å². The number of hydrogen-bond donors (Lipinski definition) is 7. The summed E-state index contributed by atoms with van der Waals surface area (Å²) in [6, 6.07) is 7.30. The van der Waals surface area contributed by atoms with E-state index >= 15 is 0 Å². The number of allylic oxidation sites excluding steroid dienone is 5. The van der Waals surface area contributed by atoms with Gasteiger partial charge in [-0.3, -0.25) is 23.1 Å². The van der Waals surface area contributed by atoms with Gasteiger partial charge < -0.3 is 43.4 Å². The second-order valence-electron chi connectivity index (χ2n) is 10.1. The fourth-order valence-corrected chi connectivity index (χ4v) is 4.02. The van der Waals surface area contributed by atoms with Gasteiger partial charge in [-0.05, 0) is 66.6 Å². The van der Waals surface area contributed by atoms with Crippen LogP contribution in [-0.2, 0) is 16.0 Å². The summed E-state index contributed by atoms with van der Waals surface area (Å²) in [6.45, 7) is 1.94. The molecule has 0 aliphatic heterocycles. The van der Waals surface area contributed by atoms with Crippen LogP contribution in [0.4, 0.5) is 20.2 Å². The number of nitrogens with zero attached hydrogens (tertiary/aromatic N) is 4. The normalized spacial score (nSPS) is 11.7. The number of carboxylic acid groups (broad SMARTS) is 1. The number of halogens is 2. The van der Waals surface area contributed by atoms with Crippen molar-refractivity contribution in [2.45, 2.75) is 13.3 Å². The largest absolute Gasteiger partial charge is 0.493 e. The zero-order valence-corrected chi connectivity index (χ0v) is 28.1. The Hall–Kier alpha value is -6.91. The zero-order valence-electron chi connectivity index (χ0n) is 28.1. The van der Waals surface area contributed by atoms with Crippen LogP contribution in [0.5, 0.6) is 5.75 Å². The first-order valence-corrected chi connectivity index (χ1v) is 14.9. The number of benzene rings is 2. The van der Waals surface area contributed by atoms with Gasteiger partial charge in [0.25, 0.3) is 5.91 Å². The minimum Gasteiger partial charge on any atom is -0.493 e. The molecule has 2 aromatic carbocycles. The van der Waals surface area contributed by atoms with Crippen LogP contribution < -0.4 is 38.3 Å². The number of aldehydes is 1. The quantitative estimate of drug-likeness (QED) is 0.0602. The van der Waals surface area contributed by atoms with E-state index in [0.29, 0.717) is 30.6 Å². The number of imidazole rings is 2. The molecule has 4 rings (SSSR count). The lowest BCUT2D eigenvalue weighted by Gasteiger charge is -2.13. The lowest BCUT2D eigenvalue weighted by atomic mass is 10.1. The summed E-state index contributed by atoms with van der Waals surface area (Å²) in [4.78, 5) is 42.0. The average molecular weight is 707 g/mol. The third-order valence-electron chi connectivity index (χ3n) is 6.66. The van der Waals surface area contributed by atoms with Crippen molar-refractivity contribution in [3.63, 3.8) is 0 Å². The van der Waals surface area contributed by atoms with Crippen LogP contribution >= 0.6 is 0 Å². The van der Waals surface area contributed by atoms with Crippen LogP contribution in [0.3, 0.4) is 0 Å². The van der Waals surface area contributed by atoms with Crippen molar-refractivity contribution < 1.29 is 33.0 Å². The first kappa shape index (κ1) is 40.3. The highest BCUT2D eigenvalue weighted by molar-refractivity contribution is 6.07. The van der Waals surface area contributed by atoms with Gasteiger partial charge in [-0.15, -0.1) is 0 Å². The number of alkyl halides is 1. The van der Waals surface area contributed by atoms with Crippen molar-refractivity contribution in [2.75, 3.05) is 31.5 Å². The van der Waals surface area contributed by atoms with E-state index in [9.17, 15) is 28.3 Å². The maximum Gasteiger partial charge on any atom is 0.337 e. The molecule has 0 aliphatic rings. The molecule has 11 N–H and O–H groups in total. The number of hydrogen-bond acceptors (Lipinski definition) is 11. The van der Waals surface area contributed by atoms with E-state index in [1.807, 2.05) is 6.92 Å². The van der Waals surface area contributed by atoms with Crippen LogP contribution in [0.1, 0.15) is 21.5 Å². The molecule has 0 fully saturated rings. The van der Waals surface area contributed by atoms with E-state index in [0.717, 1.165) is 11.3 Å². The zero-order chi connectivity index (χ0) is 37.9. The first-order chi connectivity index (χ1) is 24.4. The van der Waals surface area contributed by atoms with E-state index in [1.165, 1.54) is 59.5 Å². The first-order valence-electron chi connectivity index (χ1n) is 14.9. The van der Waals surface area contributed by atoms with Crippen molar-refractivity contribution in [3.05, 3.63) is 126 Å². The standard InChI is InChI=1S/C25H27FN6O4.C8H10N4O.CH3F/c1-15-11-19(26)16(12-21(15)29-2)7-10-36-17-3-4-18(25(34)35)22(13-17)31-24(33)20(27)5-6-23(28)32-9-8-30-14-32;9-7(5-13)1-2-8(10)12-4-3-11-6-12;1-2/h3-6,8-9,11-14,29H,7,10,27-28H2,1-2H3,(H,31,33)(H,34,35);1-6H,9-10H2;1H3/b20-5-,23-6+;7-1-,8-2+;. The SMILES string of the molecule is CF.CNc1cc(CCOc2ccc(C(=O)O)c(NC(=O)/C(N)=C/C=C(\N)n3ccnc3)c2)c(F)cc1C.N/C(C=O)=C\C=C(/N)n1ccnc1. The summed E-state index contributed by atoms with van der Waals surface area (Å²) in [5, 5.41) is 15.0. The van der Waals surface area contributed by atoms with E-state index in [1.54, 1.807) is 48.8 Å². The topological polar surface area (TPSA) is 244 Å². The molecule has 0 radical (unpaired) electrons. The summed E-state index contributed by atoms with van der Waals surface area (Å²) >= 11 is 0. The smallest absolute Gasteiger partial charge is 0.337 e. The maximum absolute atomic E-state index is 14.3. The summed E-state index contributed by atoms with van der Waals surface area (Å²) in [7, 11) is 2.26. The minimum atomic E-state index is -1.25. The lowest BCUT2D eigenvalue weighted by molar-refractivity contribution is -0.113. The Morgan fingerprint density at radius 2 is 1.53 bits per heavy atom. The van der Waals surface area contributed by atoms with Gasteiger partial charge in [0.05, 0.1) is 36.4 Å². The molecule has 270 valence electrons. The molecule has 0 saturated heterocycles. The average Bonchev–Trinajstić information content (AvgIpc) is 3.87. The molecule has 4 aromatic rings. The molecule has 0 aliphatic carbocycles. The number of carboxylic acids is 1. The summed E-state index contributed by atoms with van der Waals surface area (Å²) in [5.41, 5.74) is 24.4. The van der Waals surface area contributed by atoms with Gasteiger partial charge in [-0.2, -0.15) is 0 Å². The van der Waals surface area contributed by atoms with Gasteiger partial charge in [0.1, 0.15) is 35.9 Å². The molecule has 2 aromatic heterocycles. The molecule has 0 saturated carbocycles. The van der Waals surface area contributed by atoms with Gasteiger partial charge in [0.15, 0.2) is 6.29 Å². The predicted octanol–water partition coefficient (Wildman–Crippen LogP) is 3.20. The number of anilines is 2. The Labute approximate surface area is 292 Å². The number of rotatable bonds is 13. The second kappa shape index (κ2) is 20.5. The molecule has 51 heavy (non-hydrogen) atoms. The fraction of sp³-hybridized carbons (Fsp3) is 0.147. The Balaban J connectivity index is 0.000000502. The molecule has 0 unspecified atom stereocenters. The minimum absolute atomic E-state index is 0.00750. The van der Waals surface area contributed by atoms with Crippen molar-refractivity contribution in [2.24, 2.45) is 22.9 Å². The highest BCUT2D eigenvalue weighted by atomic mass is 19.1. The Morgan fingerprint density at radius 1 is 0.922 bits per heavy atom. The van der Waals surface area contributed by atoms with Gasteiger partial charge in [0.2, 0.25) is 0 Å². The van der Waals surface area contributed by atoms with E-state index in [-0.39, 0.29) is 47.3 Å². The Bertz CT molecular complexity index is 1890. The molecule has 17 heteroatoms. The fourth-order valence-electron chi connectivity index (χ4n) is 4.02. The summed E-state index contributed by atoms with van der Waals surface area (Å²) < 4.78 is 32.6. The number of carbonyl (C=O) groups is 3. The van der Waals surface area contributed by atoms with Gasteiger partial charge in [0, 0.05) is 50.0 Å². The predicted molar refractivity (Wildman–Crippen MR) is 191 cm³/mol. The van der Waals surface area contributed by atoms with E-state index < -0.39 is 11.9 Å². The van der Waals surface area contributed by atoms with Crippen LogP contribution in [0.15, 0.2) is 103 Å². The molecule has 15 nitrogen and oxygen atoms in total. The Morgan fingerprint density at radius 3 is 2.06 bits per heavy atom. The van der Waals surface area contributed by atoms with Crippen LogP contribution in [0.2, 0.25) is 0 Å². The van der Waals surface area contributed by atoms with Crippen molar-refractivity contribution in [3.8, 4) is 5.75 Å². The summed E-state index contributed by atoms with van der Waals surface area (Å²) in [5.74, 6) is -1.30. The third kappa shape index (κ3) is 12.6. The van der Waals surface area contributed by atoms with Crippen molar-refractivity contribution in [1.29, 1.82) is 0 Å². The van der Waals surface area contributed by atoms with E-state index in [4.69, 9.17) is 27.7 Å². The van der Waals surface area contributed by atoms with Crippen LogP contribution in [0, 0.1) is 12.7 Å². The number of ether oxygens (including phenoxy) is 1. The lowest BCUT2D eigenvalue weighted by Crippen LogP contribution is -2.21. The Kier molecular flexibility index (Phi) is 16.1. The number of aromatic carboxylic acids is 1. The summed E-state index contributed by atoms with van der Waals surface area (Å²) in [6.07, 6.45) is 16.0.